The quantitative estimate of drug-likeness (QED) is 0.489. The zero-order valence-electron chi connectivity index (χ0n) is 9.46. The molecule has 0 saturated heterocycles. The van der Waals surface area contributed by atoms with Crippen molar-refractivity contribution >= 4 is 17.5 Å². The lowest BCUT2D eigenvalue weighted by Crippen LogP contribution is -2.20. The summed E-state index contributed by atoms with van der Waals surface area (Å²) in [7, 11) is 0. The van der Waals surface area contributed by atoms with Crippen LogP contribution in [0, 0.1) is 10.1 Å². The Morgan fingerprint density at radius 2 is 2.41 bits per heavy atom. The lowest BCUT2D eigenvalue weighted by molar-refractivity contribution is -0.384. The average molecular weight is 241 g/mol. The molecule has 1 aromatic rings. The number of anilines is 2. The summed E-state index contributed by atoms with van der Waals surface area (Å²) in [5.74, 6) is -0.0271. The van der Waals surface area contributed by atoms with Crippen LogP contribution in [0.15, 0.2) is 6.20 Å². The Bertz CT molecular complexity index is 398. The van der Waals surface area contributed by atoms with Crippen molar-refractivity contribution in [1.29, 1.82) is 0 Å². The maximum Gasteiger partial charge on any atom is 0.329 e. The van der Waals surface area contributed by atoms with Gasteiger partial charge in [0, 0.05) is 6.54 Å². The van der Waals surface area contributed by atoms with Crippen molar-refractivity contribution in [3.05, 3.63) is 16.3 Å². The smallest absolute Gasteiger partial charge is 0.329 e. The van der Waals surface area contributed by atoms with Crippen molar-refractivity contribution in [1.82, 2.24) is 9.97 Å². The van der Waals surface area contributed by atoms with E-state index in [0.717, 1.165) is 12.6 Å². The lowest BCUT2D eigenvalue weighted by atomic mass is 10.2. The fourth-order valence-electron chi connectivity index (χ4n) is 1.30. The number of rotatable bonds is 6. The van der Waals surface area contributed by atoms with Gasteiger partial charge >= 0.3 is 5.69 Å². The Kier molecular flexibility index (Phi) is 4.58. The summed E-state index contributed by atoms with van der Waals surface area (Å²) < 4.78 is 0. The van der Waals surface area contributed by atoms with Crippen molar-refractivity contribution < 1.29 is 10.0 Å². The number of nitrogens with one attached hydrogen (secondary N) is 1. The third kappa shape index (κ3) is 3.83. The summed E-state index contributed by atoms with van der Waals surface area (Å²) in [4.78, 5) is 17.4. The molecule has 0 aliphatic rings. The SMILES string of the molecule is CCCC(O)CNc1nc(N)ncc1[N+](=O)[O-]. The molecule has 0 aliphatic heterocycles. The molecule has 0 aliphatic carbocycles. The van der Waals surface area contributed by atoms with E-state index in [0.29, 0.717) is 6.42 Å². The van der Waals surface area contributed by atoms with Crippen LogP contribution in [0.3, 0.4) is 0 Å². The van der Waals surface area contributed by atoms with Crippen LogP contribution >= 0.6 is 0 Å². The van der Waals surface area contributed by atoms with Gasteiger partial charge < -0.3 is 16.2 Å². The molecular weight excluding hydrogens is 226 g/mol. The van der Waals surface area contributed by atoms with Gasteiger partial charge in [-0.15, -0.1) is 0 Å². The van der Waals surface area contributed by atoms with E-state index in [4.69, 9.17) is 5.73 Å². The zero-order chi connectivity index (χ0) is 12.8. The minimum absolute atomic E-state index is 0.0256. The third-order valence-corrected chi connectivity index (χ3v) is 2.11. The second kappa shape index (κ2) is 5.94. The summed E-state index contributed by atoms with van der Waals surface area (Å²) in [5, 5.41) is 22.9. The Balaban J connectivity index is 2.75. The van der Waals surface area contributed by atoms with E-state index in [1.165, 1.54) is 0 Å². The average Bonchev–Trinajstić information content (AvgIpc) is 2.26. The molecule has 1 rings (SSSR count). The van der Waals surface area contributed by atoms with Crippen LogP contribution < -0.4 is 11.1 Å². The van der Waals surface area contributed by atoms with E-state index in [2.05, 4.69) is 15.3 Å². The first-order chi connectivity index (χ1) is 8.04. The molecule has 8 heteroatoms. The van der Waals surface area contributed by atoms with Crippen molar-refractivity contribution in [2.75, 3.05) is 17.6 Å². The zero-order valence-corrected chi connectivity index (χ0v) is 9.46. The molecule has 8 nitrogen and oxygen atoms in total. The monoisotopic (exact) mass is 241 g/mol. The molecule has 1 aromatic heterocycles. The van der Waals surface area contributed by atoms with E-state index in [-0.39, 0.29) is 24.0 Å². The van der Waals surface area contributed by atoms with Crippen LogP contribution in [0.2, 0.25) is 0 Å². The number of nitro groups is 1. The first kappa shape index (κ1) is 13.1. The van der Waals surface area contributed by atoms with Crippen molar-refractivity contribution in [2.24, 2.45) is 0 Å². The molecule has 1 atom stereocenters. The standard InChI is InChI=1S/C9H15N5O3/c1-2-3-6(15)4-11-8-7(14(16)17)5-12-9(10)13-8/h5-6,15H,2-4H2,1H3,(H3,10,11,12,13). The van der Waals surface area contributed by atoms with Gasteiger partial charge in [0.1, 0.15) is 6.20 Å². The summed E-state index contributed by atoms with van der Waals surface area (Å²) >= 11 is 0. The van der Waals surface area contributed by atoms with Crippen LogP contribution in [0.25, 0.3) is 0 Å². The predicted molar refractivity (Wildman–Crippen MR) is 62.5 cm³/mol. The second-order valence-electron chi connectivity index (χ2n) is 3.54. The number of nitrogens with two attached hydrogens (primary N) is 1. The minimum Gasteiger partial charge on any atom is -0.391 e. The number of hydrogen-bond donors (Lipinski definition) is 3. The molecule has 1 heterocycles. The third-order valence-electron chi connectivity index (χ3n) is 2.11. The molecule has 4 N–H and O–H groups in total. The number of hydrogen-bond acceptors (Lipinski definition) is 7. The topological polar surface area (TPSA) is 127 Å². The van der Waals surface area contributed by atoms with E-state index >= 15 is 0 Å². The van der Waals surface area contributed by atoms with Crippen molar-refractivity contribution in [2.45, 2.75) is 25.9 Å². The first-order valence-corrected chi connectivity index (χ1v) is 5.23. The van der Waals surface area contributed by atoms with E-state index in [1.54, 1.807) is 0 Å². The fraction of sp³-hybridized carbons (Fsp3) is 0.556. The van der Waals surface area contributed by atoms with E-state index in [9.17, 15) is 15.2 Å². The van der Waals surface area contributed by atoms with Gasteiger partial charge in [0.25, 0.3) is 0 Å². The van der Waals surface area contributed by atoms with Gasteiger partial charge in [0.05, 0.1) is 11.0 Å². The maximum absolute atomic E-state index is 10.7. The first-order valence-electron chi connectivity index (χ1n) is 5.23. The molecule has 0 amide bonds. The van der Waals surface area contributed by atoms with Crippen molar-refractivity contribution in [3.8, 4) is 0 Å². The molecular formula is C9H15N5O3. The molecule has 0 radical (unpaired) electrons. The highest BCUT2D eigenvalue weighted by Crippen LogP contribution is 2.20. The largest absolute Gasteiger partial charge is 0.391 e. The van der Waals surface area contributed by atoms with Gasteiger partial charge in [0.2, 0.25) is 11.8 Å². The van der Waals surface area contributed by atoms with Gasteiger partial charge in [-0.3, -0.25) is 10.1 Å². The minimum atomic E-state index is -0.603. The highest BCUT2D eigenvalue weighted by atomic mass is 16.6. The number of aliphatic hydroxyl groups excluding tert-OH is 1. The molecule has 0 fully saturated rings. The second-order valence-corrected chi connectivity index (χ2v) is 3.54. The maximum atomic E-state index is 10.7. The Labute approximate surface area is 98.0 Å². The molecule has 1 unspecified atom stereocenters. The highest BCUT2D eigenvalue weighted by Gasteiger charge is 2.17. The van der Waals surface area contributed by atoms with Crippen LogP contribution in [-0.2, 0) is 0 Å². The Morgan fingerprint density at radius 3 is 3.00 bits per heavy atom. The molecule has 0 spiro atoms. The number of nitrogen functional groups attached to an aromatic ring is 1. The summed E-state index contributed by atoms with van der Waals surface area (Å²) in [6, 6.07) is 0. The number of nitrogens with zero attached hydrogens (tertiary/aromatic N) is 3. The van der Waals surface area contributed by atoms with Gasteiger partial charge in [-0.25, -0.2) is 4.98 Å². The molecule has 17 heavy (non-hydrogen) atoms. The Morgan fingerprint density at radius 1 is 1.71 bits per heavy atom. The Hall–Kier alpha value is -1.96. The lowest BCUT2D eigenvalue weighted by Gasteiger charge is -2.11. The van der Waals surface area contributed by atoms with E-state index < -0.39 is 11.0 Å². The summed E-state index contributed by atoms with van der Waals surface area (Å²) in [5.41, 5.74) is 5.08. The molecule has 0 aromatic carbocycles. The molecule has 0 saturated carbocycles. The fourth-order valence-corrected chi connectivity index (χ4v) is 1.30. The van der Waals surface area contributed by atoms with Crippen molar-refractivity contribution in [3.63, 3.8) is 0 Å². The van der Waals surface area contributed by atoms with Crippen LogP contribution in [0.5, 0.6) is 0 Å². The van der Waals surface area contributed by atoms with E-state index in [1.807, 2.05) is 6.92 Å². The number of aromatic nitrogens is 2. The molecule has 0 bridgehead atoms. The van der Waals surface area contributed by atoms with Gasteiger partial charge in [-0.2, -0.15) is 4.98 Å². The highest BCUT2D eigenvalue weighted by molar-refractivity contribution is 5.56. The molecule has 94 valence electrons. The van der Waals surface area contributed by atoms with Gasteiger partial charge in [-0.1, -0.05) is 13.3 Å². The van der Waals surface area contributed by atoms with Gasteiger partial charge in [-0.05, 0) is 6.42 Å². The summed E-state index contributed by atoms with van der Waals surface area (Å²) in [6.45, 7) is 2.12. The van der Waals surface area contributed by atoms with Crippen LogP contribution in [-0.4, -0.2) is 32.6 Å². The number of aliphatic hydroxyl groups is 1. The van der Waals surface area contributed by atoms with Crippen LogP contribution in [0.1, 0.15) is 19.8 Å². The predicted octanol–water partition coefficient (Wildman–Crippen LogP) is 0.540. The van der Waals surface area contributed by atoms with Gasteiger partial charge in [0.15, 0.2) is 0 Å². The summed E-state index contributed by atoms with van der Waals surface area (Å²) in [6.07, 6.45) is 1.91. The van der Waals surface area contributed by atoms with Crippen LogP contribution in [0.4, 0.5) is 17.5 Å². The normalized spacial score (nSPS) is 12.1.